The molecule has 0 radical (unpaired) electrons. The minimum absolute atomic E-state index is 0.641. The molecule has 11 rings (SSSR count). The summed E-state index contributed by atoms with van der Waals surface area (Å²) >= 11 is 0. The number of para-hydroxylation sites is 1. The molecule has 0 saturated carbocycles. The van der Waals surface area contributed by atoms with Crippen molar-refractivity contribution in [1.29, 1.82) is 0 Å². The van der Waals surface area contributed by atoms with Crippen LogP contribution in [0.3, 0.4) is 0 Å². The van der Waals surface area contributed by atoms with E-state index in [1.54, 1.807) is 0 Å². The number of fused-ring (bicyclic) bond motifs is 7. The molecule has 0 aliphatic carbocycles. The van der Waals surface area contributed by atoms with Crippen LogP contribution in [0.2, 0.25) is 0 Å². The molecule has 0 N–H and O–H groups in total. The molecule has 55 heavy (non-hydrogen) atoms. The van der Waals surface area contributed by atoms with Crippen LogP contribution in [0.25, 0.3) is 105 Å². The average molecular weight is 701 g/mol. The minimum atomic E-state index is 0.641. The number of hydrogen-bond acceptors (Lipinski definition) is 3. The predicted molar refractivity (Wildman–Crippen MR) is 228 cm³/mol. The molecule has 0 atom stereocenters. The zero-order valence-corrected chi connectivity index (χ0v) is 29.8. The molecule has 4 heteroatoms. The van der Waals surface area contributed by atoms with Gasteiger partial charge in [-0.15, -0.1) is 0 Å². The summed E-state index contributed by atoms with van der Waals surface area (Å²) in [5.74, 6) is 1.94. The lowest BCUT2D eigenvalue weighted by atomic mass is 10.0. The van der Waals surface area contributed by atoms with E-state index in [0.717, 1.165) is 44.3 Å². The monoisotopic (exact) mass is 700 g/mol. The summed E-state index contributed by atoms with van der Waals surface area (Å²) in [6.45, 7) is 0. The van der Waals surface area contributed by atoms with Crippen molar-refractivity contribution in [2.45, 2.75) is 0 Å². The first-order chi connectivity index (χ1) is 27.2. The van der Waals surface area contributed by atoms with E-state index in [4.69, 9.17) is 15.0 Å². The van der Waals surface area contributed by atoms with E-state index in [-0.39, 0.29) is 0 Å². The van der Waals surface area contributed by atoms with Gasteiger partial charge in [-0.3, -0.25) is 0 Å². The molecule has 0 amide bonds. The Balaban J connectivity index is 0.980. The molecule has 0 fully saturated rings. The zero-order valence-electron chi connectivity index (χ0n) is 29.8. The number of hydrogen-bond donors (Lipinski definition) is 0. The fourth-order valence-electron chi connectivity index (χ4n) is 8.03. The van der Waals surface area contributed by atoms with Gasteiger partial charge in [0.25, 0.3) is 0 Å². The van der Waals surface area contributed by atoms with E-state index in [9.17, 15) is 0 Å². The van der Waals surface area contributed by atoms with Gasteiger partial charge in [-0.2, -0.15) is 0 Å². The first kappa shape index (κ1) is 31.1. The zero-order chi connectivity index (χ0) is 36.3. The maximum atomic E-state index is 5.06. The van der Waals surface area contributed by atoms with Crippen molar-refractivity contribution in [2.75, 3.05) is 0 Å². The van der Waals surface area contributed by atoms with Crippen molar-refractivity contribution < 1.29 is 0 Å². The smallest absolute Gasteiger partial charge is 0.164 e. The van der Waals surface area contributed by atoms with Crippen LogP contribution in [0.5, 0.6) is 0 Å². The summed E-state index contributed by atoms with van der Waals surface area (Å²) in [7, 11) is 0. The van der Waals surface area contributed by atoms with Crippen LogP contribution < -0.4 is 0 Å². The second-order valence-electron chi connectivity index (χ2n) is 14.1. The SMILES string of the molecule is c1ccc2cc(-c3nc(-c4ccc(-c5ccc(-n6c7ccccc7c7ccc8ccccc8c76)cc5)cc4)nc(-c4ccc5ccccc5c4)n3)ccc2c1. The van der Waals surface area contributed by atoms with E-state index < -0.39 is 0 Å². The van der Waals surface area contributed by atoms with Crippen LogP contribution in [-0.4, -0.2) is 19.5 Å². The van der Waals surface area contributed by atoms with E-state index in [1.807, 2.05) is 0 Å². The fourth-order valence-corrected chi connectivity index (χ4v) is 8.03. The van der Waals surface area contributed by atoms with Crippen molar-refractivity contribution in [1.82, 2.24) is 19.5 Å². The number of nitrogens with zero attached hydrogens (tertiary/aromatic N) is 4. The van der Waals surface area contributed by atoms with Gasteiger partial charge in [0.2, 0.25) is 0 Å². The number of aromatic nitrogens is 4. The molecule has 0 spiro atoms. The van der Waals surface area contributed by atoms with Crippen molar-refractivity contribution in [2.24, 2.45) is 0 Å². The molecule has 0 bridgehead atoms. The van der Waals surface area contributed by atoms with Crippen LogP contribution in [0.15, 0.2) is 194 Å². The Labute approximate surface area is 317 Å². The molecule has 2 aromatic heterocycles. The Hall–Kier alpha value is -7.43. The van der Waals surface area contributed by atoms with Crippen LogP contribution in [0.4, 0.5) is 0 Å². The first-order valence-corrected chi connectivity index (χ1v) is 18.6. The maximum Gasteiger partial charge on any atom is 0.164 e. The molecular weight excluding hydrogens is 669 g/mol. The largest absolute Gasteiger partial charge is 0.309 e. The van der Waals surface area contributed by atoms with Crippen LogP contribution in [0, 0.1) is 0 Å². The van der Waals surface area contributed by atoms with Crippen molar-refractivity contribution in [3.05, 3.63) is 194 Å². The molecule has 11 aromatic rings. The van der Waals surface area contributed by atoms with Gasteiger partial charge < -0.3 is 4.57 Å². The van der Waals surface area contributed by atoms with Gasteiger partial charge in [0.05, 0.1) is 11.0 Å². The van der Waals surface area contributed by atoms with Gasteiger partial charge >= 0.3 is 0 Å². The summed E-state index contributed by atoms with van der Waals surface area (Å²) in [6.07, 6.45) is 0. The van der Waals surface area contributed by atoms with Gasteiger partial charge in [0.1, 0.15) is 0 Å². The molecular formula is C51H32N4. The Morgan fingerprint density at radius 1 is 0.291 bits per heavy atom. The Kier molecular flexibility index (Phi) is 7.14. The highest BCUT2D eigenvalue weighted by Crippen LogP contribution is 2.37. The number of benzene rings is 9. The highest BCUT2D eigenvalue weighted by Gasteiger charge is 2.16. The highest BCUT2D eigenvalue weighted by molar-refractivity contribution is 6.18. The molecule has 0 saturated heterocycles. The molecule has 2 heterocycles. The molecule has 0 aliphatic heterocycles. The second kappa shape index (κ2) is 12.6. The summed E-state index contributed by atoms with van der Waals surface area (Å²) in [4.78, 5) is 15.2. The maximum absolute atomic E-state index is 5.06. The highest BCUT2D eigenvalue weighted by atomic mass is 15.0. The second-order valence-corrected chi connectivity index (χ2v) is 14.1. The third-order valence-corrected chi connectivity index (χ3v) is 10.8. The van der Waals surface area contributed by atoms with Gasteiger partial charge in [-0.1, -0.05) is 164 Å². The van der Waals surface area contributed by atoms with Gasteiger partial charge in [0.15, 0.2) is 17.5 Å². The Bertz CT molecular complexity index is 3150. The molecule has 4 nitrogen and oxygen atoms in total. The van der Waals surface area contributed by atoms with E-state index in [2.05, 4.69) is 199 Å². The quantitative estimate of drug-likeness (QED) is 0.179. The summed E-state index contributed by atoms with van der Waals surface area (Å²) in [5, 5.41) is 9.68. The fraction of sp³-hybridized carbons (Fsp3) is 0. The van der Waals surface area contributed by atoms with Crippen LogP contribution in [0.1, 0.15) is 0 Å². The first-order valence-electron chi connectivity index (χ1n) is 18.6. The summed E-state index contributed by atoms with van der Waals surface area (Å²) in [5.41, 5.74) is 8.69. The molecule has 9 aromatic carbocycles. The lowest BCUT2D eigenvalue weighted by Gasteiger charge is -2.12. The molecule has 0 aliphatic rings. The Morgan fingerprint density at radius 3 is 1.35 bits per heavy atom. The number of rotatable bonds is 5. The topological polar surface area (TPSA) is 43.6 Å². The van der Waals surface area contributed by atoms with Gasteiger partial charge in [0, 0.05) is 38.5 Å². The van der Waals surface area contributed by atoms with Crippen molar-refractivity contribution in [3.8, 4) is 51.0 Å². The van der Waals surface area contributed by atoms with Crippen molar-refractivity contribution >= 4 is 54.1 Å². The summed E-state index contributed by atoms with van der Waals surface area (Å²) < 4.78 is 2.40. The van der Waals surface area contributed by atoms with Gasteiger partial charge in [-0.05, 0) is 68.4 Å². The lowest BCUT2D eigenvalue weighted by Crippen LogP contribution is -2.00. The lowest BCUT2D eigenvalue weighted by molar-refractivity contribution is 1.08. The molecule has 0 unspecified atom stereocenters. The average Bonchev–Trinajstić information content (AvgIpc) is 3.61. The van der Waals surface area contributed by atoms with E-state index in [0.29, 0.717) is 17.5 Å². The van der Waals surface area contributed by atoms with Crippen molar-refractivity contribution in [3.63, 3.8) is 0 Å². The van der Waals surface area contributed by atoms with Crippen LogP contribution in [-0.2, 0) is 0 Å². The molecule has 256 valence electrons. The third-order valence-electron chi connectivity index (χ3n) is 10.8. The normalized spacial score (nSPS) is 11.6. The van der Waals surface area contributed by atoms with Gasteiger partial charge in [-0.25, -0.2) is 15.0 Å². The standard InChI is InChI=1S/C51H32N4/c1-3-12-39-31-41(23-19-33(39)9-1)50-52-49(53-51(54-50)42-24-20-34-10-2-4-13-40(34)32-42)38-21-17-35(18-22-38)36-25-28-43(29-26-36)55-47-16-8-7-15-45(47)46-30-27-37-11-5-6-14-44(37)48(46)55/h1-32H. The summed E-state index contributed by atoms with van der Waals surface area (Å²) in [6, 6.07) is 68.8. The Morgan fingerprint density at radius 2 is 0.727 bits per heavy atom. The van der Waals surface area contributed by atoms with E-state index >= 15 is 0 Å². The minimum Gasteiger partial charge on any atom is -0.309 e. The third kappa shape index (κ3) is 5.34. The van der Waals surface area contributed by atoms with E-state index in [1.165, 1.54) is 43.4 Å². The predicted octanol–water partition coefficient (Wildman–Crippen LogP) is 13.1. The van der Waals surface area contributed by atoms with Crippen LogP contribution >= 0.6 is 0 Å².